The maximum atomic E-state index is 13.0. The minimum atomic E-state index is -1.12. The van der Waals surface area contributed by atoms with Crippen molar-refractivity contribution in [2.75, 3.05) is 26.4 Å². The Hall–Kier alpha value is -2.90. The zero-order valence-corrected chi connectivity index (χ0v) is 16.5. The molecule has 154 valence electrons. The molecule has 8 heteroatoms. The zero-order valence-electron chi connectivity index (χ0n) is 16.5. The number of amides is 1. The van der Waals surface area contributed by atoms with Crippen molar-refractivity contribution in [3.05, 3.63) is 35.9 Å². The van der Waals surface area contributed by atoms with Crippen molar-refractivity contribution in [2.24, 2.45) is 0 Å². The largest absolute Gasteiger partial charge is 0.466 e. The van der Waals surface area contributed by atoms with Crippen LogP contribution in [0.1, 0.15) is 44.0 Å². The Bertz CT molecular complexity index is 660. The summed E-state index contributed by atoms with van der Waals surface area (Å²) in [5, 5.41) is 0. The highest BCUT2D eigenvalue weighted by atomic mass is 16.5. The normalized spacial score (nSPS) is 11.2. The standard InChI is InChI=1S/C20H27NO7/c1-4-26-17(22)13-12-16(20(25)28-6-3)21(14-18(23)27-5-2)19(24)15-10-8-7-9-11-15/h7-11,16H,4-6,12-14H2,1-3H3. The molecule has 0 spiro atoms. The van der Waals surface area contributed by atoms with E-state index in [9.17, 15) is 19.2 Å². The first-order valence-corrected chi connectivity index (χ1v) is 9.28. The van der Waals surface area contributed by atoms with Crippen LogP contribution in [-0.2, 0) is 28.6 Å². The molecule has 0 radical (unpaired) electrons. The van der Waals surface area contributed by atoms with E-state index in [2.05, 4.69) is 0 Å². The molecule has 0 saturated heterocycles. The van der Waals surface area contributed by atoms with Crippen molar-refractivity contribution in [1.29, 1.82) is 0 Å². The van der Waals surface area contributed by atoms with Gasteiger partial charge in [0.15, 0.2) is 0 Å². The predicted octanol–water partition coefficient (Wildman–Crippen LogP) is 1.97. The molecule has 28 heavy (non-hydrogen) atoms. The Balaban J connectivity index is 3.15. The number of benzene rings is 1. The lowest BCUT2D eigenvalue weighted by Crippen LogP contribution is -2.48. The van der Waals surface area contributed by atoms with Gasteiger partial charge in [0.05, 0.1) is 19.8 Å². The number of nitrogens with zero attached hydrogens (tertiary/aromatic N) is 1. The molecule has 1 atom stereocenters. The van der Waals surface area contributed by atoms with Gasteiger partial charge in [-0.3, -0.25) is 14.4 Å². The van der Waals surface area contributed by atoms with Gasteiger partial charge < -0.3 is 19.1 Å². The molecular weight excluding hydrogens is 366 g/mol. The van der Waals surface area contributed by atoms with Crippen molar-refractivity contribution in [3.8, 4) is 0 Å². The Morgan fingerprint density at radius 2 is 1.43 bits per heavy atom. The van der Waals surface area contributed by atoms with E-state index >= 15 is 0 Å². The Morgan fingerprint density at radius 1 is 0.857 bits per heavy atom. The summed E-state index contributed by atoms with van der Waals surface area (Å²) in [6.07, 6.45) is -0.131. The van der Waals surface area contributed by atoms with E-state index in [-0.39, 0.29) is 32.7 Å². The Kier molecular flexibility index (Phi) is 10.3. The van der Waals surface area contributed by atoms with Gasteiger partial charge in [-0.25, -0.2) is 4.79 Å². The molecule has 0 aliphatic carbocycles. The first-order chi connectivity index (χ1) is 13.4. The summed E-state index contributed by atoms with van der Waals surface area (Å²) in [5.41, 5.74) is 0.303. The number of hydrogen-bond donors (Lipinski definition) is 0. The van der Waals surface area contributed by atoms with Crippen LogP contribution in [0.4, 0.5) is 0 Å². The van der Waals surface area contributed by atoms with Crippen molar-refractivity contribution >= 4 is 23.8 Å². The monoisotopic (exact) mass is 393 g/mol. The second-order valence-corrected chi connectivity index (χ2v) is 5.72. The molecule has 0 aliphatic rings. The summed E-state index contributed by atoms with van der Waals surface area (Å²) in [7, 11) is 0. The lowest BCUT2D eigenvalue weighted by Gasteiger charge is -2.29. The van der Waals surface area contributed by atoms with Crippen LogP contribution in [0, 0.1) is 0 Å². The fourth-order valence-electron chi connectivity index (χ4n) is 2.54. The fourth-order valence-corrected chi connectivity index (χ4v) is 2.54. The maximum Gasteiger partial charge on any atom is 0.328 e. The molecular formula is C20H27NO7. The molecule has 0 heterocycles. The molecule has 0 aromatic heterocycles. The van der Waals surface area contributed by atoms with Crippen LogP contribution in [0.2, 0.25) is 0 Å². The van der Waals surface area contributed by atoms with Gasteiger partial charge >= 0.3 is 17.9 Å². The van der Waals surface area contributed by atoms with Gasteiger partial charge in [-0.1, -0.05) is 18.2 Å². The van der Waals surface area contributed by atoms with Gasteiger partial charge in [0.25, 0.3) is 5.91 Å². The number of hydrogen-bond acceptors (Lipinski definition) is 7. The SMILES string of the molecule is CCOC(=O)CCC(C(=O)OCC)N(CC(=O)OCC)C(=O)c1ccccc1. The van der Waals surface area contributed by atoms with E-state index in [1.807, 2.05) is 0 Å². The molecule has 1 rings (SSSR count). The van der Waals surface area contributed by atoms with Crippen LogP contribution in [0.15, 0.2) is 30.3 Å². The number of carbonyl (C=O) groups is 4. The van der Waals surface area contributed by atoms with Gasteiger partial charge in [0, 0.05) is 12.0 Å². The highest BCUT2D eigenvalue weighted by Gasteiger charge is 2.34. The molecule has 1 amide bonds. The lowest BCUT2D eigenvalue weighted by atomic mass is 10.1. The quantitative estimate of drug-likeness (QED) is 0.419. The van der Waals surface area contributed by atoms with E-state index < -0.39 is 36.4 Å². The third kappa shape index (κ3) is 7.38. The first-order valence-electron chi connectivity index (χ1n) is 9.28. The lowest BCUT2D eigenvalue weighted by molar-refractivity contribution is -0.152. The highest BCUT2D eigenvalue weighted by molar-refractivity contribution is 5.98. The average molecular weight is 393 g/mol. The summed E-state index contributed by atoms with van der Waals surface area (Å²) in [5.74, 6) is -2.38. The second-order valence-electron chi connectivity index (χ2n) is 5.72. The third-order valence-corrected chi connectivity index (χ3v) is 3.75. The van der Waals surface area contributed by atoms with Crippen LogP contribution in [0.25, 0.3) is 0 Å². The van der Waals surface area contributed by atoms with E-state index in [0.717, 1.165) is 4.90 Å². The minimum absolute atomic E-state index is 0.0321. The predicted molar refractivity (Wildman–Crippen MR) is 100 cm³/mol. The van der Waals surface area contributed by atoms with Crippen molar-refractivity contribution < 1.29 is 33.4 Å². The summed E-state index contributed by atoms with van der Waals surface area (Å²) in [6, 6.07) is 7.13. The van der Waals surface area contributed by atoms with E-state index in [4.69, 9.17) is 14.2 Å². The zero-order chi connectivity index (χ0) is 20.9. The van der Waals surface area contributed by atoms with Crippen molar-refractivity contribution in [1.82, 2.24) is 4.90 Å². The van der Waals surface area contributed by atoms with Crippen LogP contribution < -0.4 is 0 Å². The maximum absolute atomic E-state index is 13.0. The molecule has 0 N–H and O–H groups in total. The second kappa shape index (κ2) is 12.5. The molecule has 0 aliphatic heterocycles. The van der Waals surface area contributed by atoms with Crippen LogP contribution in [-0.4, -0.2) is 61.1 Å². The van der Waals surface area contributed by atoms with Gasteiger partial charge in [0.2, 0.25) is 0 Å². The van der Waals surface area contributed by atoms with Crippen LogP contribution in [0.3, 0.4) is 0 Å². The molecule has 0 saturated carbocycles. The first kappa shape index (κ1) is 23.1. The Labute approximate surface area is 164 Å². The van der Waals surface area contributed by atoms with Gasteiger partial charge in [0.1, 0.15) is 12.6 Å². The molecule has 0 fully saturated rings. The van der Waals surface area contributed by atoms with Crippen LogP contribution >= 0.6 is 0 Å². The number of ether oxygens (including phenoxy) is 3. The van der Waals surface area contributed by atoms with E-state index in [1.54, 1.807) is 51.1 Å². The minimum Gasteiger partial charge on any atom is -0.466 e. The van der Waals surface area contributed by atoms with Gasteiger partial charge in [-0.2, -0.15) is 0 Å². The molecule has 8 nitrogen and oxygen atoms in total. The summed E-state index contributed by atoms with van der Waals surface area (Å²) >= 11 is 0. The van der Waals surface area contributed by atoms with Crippen molar-refractivity contribution in [2.45, 2.75) is 39.7 Å². The molecule has 1 aromatic rings. The summed E-state index contributed by atoms with van der Waals surface area (Å²) in [4.78, 5) is 50.4. The van der Waals surface area contributed by atoms with Crippen molar-refractivity contribution in [3.63, 3.8) is 0 Å². The fraction of sp³-hybridized carbons (Fsp3) is 0.500. The molecule has 0 bridgehead atoms. The van der Waals surface area contributed by atoms with Crippen LogP contribution in [0.5, 0.6) is 0 Å². The number of esters is 3. The molecule has 1 unspecified atom stereocenters. The average Bonchev–Trinajstić information content (AvgIpc) is 2.68. The number of carbonyl (C=O) groups excluding carboxylic acids is 4. The Morgan fingerprint density at radius 3 is 2.00 bits per heavy atom. The number of rotatable bonds is 11. The summed E-state index contributed by atoms with van der Waals surface area (Å²) in [6.45, 7) is 4.96. The topological polar surface area (TPSA) is 99.2 Å². The highest BCUT2D eigenvalue weighted by Crippen LogP contribution is 2.15. The molecule has 1 aromatic carbocycles. The summed E-state index contributed by atoms with van der Waals surface area (Å²) < 4.78 is 14.9. The third-order valence-electron chi connectivity index (χ3n) is 3.75. The van der Waals surface area contributed by atoms with E-state index in [1.165, 1.54) is 0 Å². The van der Waals surface area contributed by atoms with Gasteiger partial charge in [-0.05, 0) is 39.3 Å². The van der Waals surface area contributed by atoms with E-state index in [0.29, 0.717) is 5.56 Å². The smallest absolute Gasteiger partial charge is 0.328 e. The van der Waals surface area contributed by atoms with Gasteiger partial charge in [-0.15, -0.1) is 0 Å².